The summed E-state index contributed by atoms with van der Waals surface area (Å²) in [7, 11) is 0. The van der Waals surface area contributed by atoms with Gasteiger partial charge in [-0.3, -0.25) is 0 Å². The fraction of sp³-hybridized carbons (Fsp3) is 1.00. The van der Waals surface area contributed by atoms with Crippen LogP contribution in [0.3, 0.4) is 0 Å². The maximum absolute atomic E-state index is 2.48. The first kappa shape index (κ1) is 12.1. The molecule has 0 amide bonds. The summed E-state index contributed by atoms with van der Waals surface area (Å²) in [5.74, 6) is 5.22. The summed E-state index contributed by atoms with van der Waals surface area (Å²) in [6.45, 7) is 11.4. The minimum Gasteiger partial charge on any atom is -0.0683 e. The van der Waals surface area contributed by atoms with Crippen molar-refractivity contribution in [1.29, 1.82) is 0 Å². The SMILES string of the molecule is CC.CC1CC(C)C2C(C)CCCC12. The summed E-state index contributed by atoms with van der Waals surface area (Å²) < 4.78 is 0. The van der Waals surface area contributed by atoms with Crippen LogP contribution in [0.25, 0.3) is 0 Å². The van der Waals surface area contributed by atoms with Crippen LogP contribution in [0.2, 0.25) is 0 Å². The van der Waals surface area contributed by atoms with Crippen LogP contribution < -0.4 is 0 Å². The molecule has 0 bridgehead atoms. The van der Waals surface area contributed by atoms with E-state index >= 15 is 0 Å². The van der Waals surface area contributed by atoms with Gasteiger partial charge in [-0.1, -0.05) is 47.5 Å². The molecule has 2 saturated carbocycles. The summed E-state index contributed by atoms with van der Waals surface area (Å²) in [5.41, 5.74) is 0. The first-order valence-electron chi connectivity index (χ1n) is 6.70. The van der Waals surface area contributed by atoms with Crippen LogP contribution >= 0.6 is 0 Å². The van der Waals surface area contributed by atoms with Crippen LogP contribution in [0.5, 0.6) is 0 Å². The van der Waals surface area contributed by atoms with E-state index in [-0.39, 0.29) is 0 Å². The summed E-state index contributed by atoms with van der Waals surface area (Å²) in [5, 5.41) is 0. The van der Waals surface area contributed by atoms with Gasteiger partial charge in [-0.25, -0.2) is 0 Å². The Hall–Kier alpha value is 0. The van der Waals surface area contributed by atoms with E-state index in [1.54, 1.807) is 0 Å². The largest absolute Gasteiger partial charge is 0.0683 e. The highest BCUT2D eigenvalue weighted by molar-refractivity contribution is 4.92. The highest BCUT2D eigenvalue weighted by Crippen LogP contribution is 2.51. The van der Waals surface area contributed by atoms with Gasteiger partial charge in [0.15, 0.2) is 0 Å². The van der Waals surface area contributed by atoms with Gasteiger partial charge in [0.2, 0.25) is 0 Å². The monoisotopic (exact) mass is 196 g/mol. The van der Waals surface area contributed by atoms with Crippen molar-refractivity contribution in [3.8, 4) is 0 Å². The van der Waals surface area contributed by atoms with Crippen molar-refractivity contribution in [1.82, 2.24) is 0 Å². The standard InChI is InChI=1S/C12H22.C2H6/c1-8-5-4-6-11-9(2)7-10(3)12(8)11;1-2/h8-12H,4-7H2,1-3H3;1-2H3. The topological polar surface area (TPSA) is 0 Å². The van der Waals surface area contributed by atoms with Crippen LogP contribution in [0, 0.1) is 29.6 Å². The van der Waals surface area contributed by atoms with Crippen molar-refractivity contribution in [2.75, 3.05) is 0 Å². The third kappa shape index (κ3) is 2.15. The molecule has 0 aromatic carbocycles. The smallest absolute Gasteiger partial charge is 0.0332 e. The number of fused-ring (bicyclic) bond motifs is 1. The van der Waals surface area contributed by atoms with E-state index in [0.717, 1.165) is 29.6 Å². The van der Waals surface area contributed by atoms with Crippen molar-refractivity contribution in [3.05, 3.63) is 0 Å². The zero-order valence-corrected chi connectivity index (χ0v) is 10.7. The van der Waals surface area contributed by atoms with E-state index in [1.165, 1.54) is 25.7 Å². The minimum atomic E-state index is 1.01. The average Bonchev–Trinajstić information content (AvgIpc) is 2.47. The number of rotatable bonds is 0. The molecule has 5 atom stereocenters. The quantitative estimate of drug-likeness (QED) is 0.525. The fourth-order valence-corrected chi connectivity index (χ4v) is 4.05. The van der Waals surface area contributed by atoms with Gasteiger partial charge in [-0.2, -0.15) is 0 Å². The van der Waals surface area contributed by atoms with Gasteiger partial charge in [0.05, 0.1) is 0 Å². The van der Waals surface area contributed by atoms with Crippen molar-refractivity contribution in [3.63, 3.8) is 0 Å². The molecule has 2 aliphatic carbocycles. The first-order chi connectivity index (χ1) is 6.70. The minimum absolute atomic E-state index is 1.01. The Labute approximate surface area is 90.5 Å². The van der Waals surface area contributed by atoms with Gasteiger partial charge in [-0.05, 0) is 42.4 Å². The van der Waals surface area contributed by atoms with E-state index in [9.17, 15) is 0 Å². The second kappa shape index (κ2) is 5.19. The van der Waals surface area contributed by atoms with Crippen molar-refractivity contribution in [2.24, 2.45) is 29.6 Å². The van der Waals surface area contributed by atoms with Crippen molar-refractivity contribution >= 4 is 0 Å². The molecule has 2 rings (SSSR count). The van der Waals surface area contributed by atoms with Gasteiger partial charge < -0.3 is 0 Å². The summed E-state index contributed by atoms with van der Waals surface area (Å²) >= 11 is 0. The molecule has 0 aromatic rings. The predicted octanol–water partition coefficient (Wildman–Crippen LogP) is 4.74. The maximum atomic E-state index is 2.48. The van der Waals surface area contributed by atoms with Crippen molar-refractivity contribution in [2.45, 2.75) is 60.3 Å². The Balaban J connectivity index is 0.000000461. The molecule has 0 saturated heterocycles. The molecule has 0 aliphatic heterocycles. The Morgan fingerprint density at radius 2 is 1.43 bits per heavy atom. The van der Waals surface area contributed by atoms with E-state index in [1.807, 2.05) is 13.8 Å². The normalized spacial score (nSPS) is 46.5. The molecule has 0 spiro atoms. The molecule has 0 N–H and O–H groups in total. The molecule has 0 aromatic heterocycles. The van der Waals surface area contributed by atoms with Gasteiger partial charge in [0.25, 0.3) is 0 Å². The third-order valence-corrected chi connectivity index (χ3v) is 4.48. The molecule has 5 unspecified atom stereocenters. The lowest BCUT2D eigenvalue weighted by molar-refractivity contribution is 0.146. The van der Waals surface area contributed by atoms with Crippen LogP contribution in [0.1, 0.15) is 60.3 Å². The lowest BCUT2D eigenvalue weighted by Gasteiger charge is -2.35. The Bertz CT molecular complexity index is 157. The maximum Gasteiger partial charge on any atom is -0.0332 e. The zero-order valence-electron chi connectivity index (χ0n) is 10.7. The Morgan fingerprint density at radius 3 is 2.00 bits per heavy atom. The molecule has 84 valence electrons. The van der Waals surface area contributed by atoms with Gasteiger partial charge in [0.1, 0.15) is 0 Å². The van der Waals surface area contributed by atoms with E-state index in [0.29, 0.717) is 0 Å². The Morgan fingerprint density at radius 1 is 0.786 bits per heavy atom. The van der Waals surface area contributed by atoms with Crippen LogP contribution in [0.4, 0.5) is 0 Å². The van der Waals surface area contributed by atoms with E-state index in [2.05, 4.69) is 20.8 Å². The molecule has 0 heteroatoms. The van der Waals surface area contributed by atoms with E-state index in [4.69, 9.17) is 0 Å². The zero-order chi connectivity index (χ0) is 10.7. The highest BCUT2D eigenvalue weighted by Gasteiger charge is 2.42. The molecular formula is C14H28. The predicted molar refractivity (Wildman–Crippen MR) is 64.3 cm³/mol. The number of hydrogen-bond donors (Lipinski definition) is 0. The molecule has 2 fully saturated rings. The third-order valence-electron chi connectivity index (χ3n) is 4.48. The van der Waals surface area contributed by atoms with E-state index < -0.39 is 0 Å². The lowest BCUT2D eigenvalue weighted by atomic mass is 9.70. The molecule has 2 aliphatic rings. The van der Waals surface area contributed by atoms with Gasteiger partial charge in [0, 0.05) is 0 Å². The van der Waals surface area contributed by atoms with Crippen LogP contribution in [0.15, 0.2) is 0 Å². The lowest BCUT2D eigenvalue weighted by Crippen LogP contribution is -2.27. The average molecular weight is 196 g/mol. The Kier molecular flexibility index (Phi) is 4.47. The fourth-order valence-electron chi connectivity index (χ4n) is 4.05. The summed E-state index contributed by atoms with van der Waals surface area (Å²) in [6, 6.07) is 0. The van der Waals surface area contributed by atoms with Crippen molar-refractivity contribution < 1.29 is 0 Å². The number of hydrogen-bond acceptors (Lipinski definition) is 0. The van der Waals surface area contributed by atoms with Crippen LogP contribution in [-0.2, 0) is 0 Å². The molecule has 0 heterocycles. The molecular weight excluding hydrogens is 168 g/mol. The van der Waals surface area contributed by atoms with Gasteiger partial charge in [-0.15, -0.1) is 0 Å². The second-order valence-corrected chi connectivity index (χ2v) is 5.34. The molecule has 14 heavy (non-hydrogen) atoms. The summed E-state index contributed by atoms with van der Waals surface area (Å²) in [6.07, 6.45) is 6.03. The van der Waals surface area contributed by atoms with Crippen LogP contribution in [-0.4, -0.2) is 0 Å². The highest BCUT2D eigenvalue weighted by atomic mass is 14.5. The molecule has 0 nitrogen and oxygen atoms in total. The summed E-state index contributed by atoms with van der Waals surface area (Å²) in [4.78, 5) is 0. The second-order valence-electron chi connectivity index (χ2n) is 5.34. The molecule has 0 radical (unpaired) electrons. The van der Waals surface area contributed by atoms with Gasteiger partial charge >= 0.3 is 0 Å². The first-order valence-corrected chi connectivity index (χ1v) is 6.70.